The highest BCUT2D eigenvalue weighted by molar-refractivity contribution is 5.86. The molecule has 0 fully saturated rings. The van der Waals surface area contributed by atoms with Gasteiger partial charge in [-0.3, -0.25) is 9.78 Å². The lowest BCUT2D eigenvalue weighted by molar-refractivity contribution is 0.0752. The number of methoxy groups -OCH3 is 2. The lowest BCUT2D eigenvalue weighted by Gasteiger charge is -2.17. The Hall–Kier alpha value is -3.42. The lowest BCUT2D eigenvalue weighted by atomic mass is 9.96. The highest BCUT2D eigenvalue weighted by Gasteiger charge is 2.27. The molecule has 0 saturated carbocycles. The van der Waals surface area contributed by atoms with Crippen molar-refractivity contribution in [2.24, 2.45) is 5.41 Å². The third-order valence-corrected chi connectivity index (χ3v) is 4.26. The number of ether oxygens (including phenoxy) is 2. The largest absolute Gasteiger partial charge is 0.493 e. The number of carbonyl (C=O) groups is 1. The maximum absolute atomic E-state index is 12.9. The van der Waals surface area contributed by atoms with Gasteiger partial charge in [-0.05, 0) is 29.8 Å². The normalized spacial score (nSPS) is 11.2. The first kappa shape index (κ1) is 20.3. The van der Waals surface area contributed by atoms with Crippen LogP contribution in [0.3, 0.4) is 0 Å². The Morgan fingerprint density at radius 2 is 1.90 bits per heavy atom. The van der Waals surface area contributed by atoms with Gasteiger partial charge in [-0.25, -0.2) is 0 Å². The molecule has 1 aromatic carbocycles. The maximum atomic E-state index is 12.9. The predicted molar refractivity (Wildman–Crippen MR) is 110 cm³/mol. The Labute approximate surface area is 169 Å². The molecule has 3 rings (SSSR count). The van der Waals surface area contributed by atoms with E-state index >= 15 is 0 Å². The Bertz CT molecular complexity index is 993. The van der Waals surface area contributed by atoms with Crippen LogP contribution in [0.2, 0.25) is 0 Å². The minimum absolute atomic E-state index is 0.157. The number of carbonyl (C=O) groups excluding carboxylic acids is 1. The number of hydrogen-bond donors (Lipinski definition) is 1. The highest BCUT2D eigenvalue weighted by atomic mass is 16.5. The van der Waals surface area contributed by atoms with Gasteiger partial charge in [0.2, 0.25) is 5.95 Å². The van der Waals surface area contributed by atoms with Crippen molar-refractivity contribution in [2.45, 2.75) is 27.3 Å². The fraction of sp³-hybridized carbons (Fsp3) is 0.333. The van der Waals surface area contributed by atoms with E-state index in [9.17, 15) is 4.79 Å². The van der Waals surface area contributed by atoms with Gasteiger partial charge in [0.1, 0.15) is 0 Å². The first-order valence-electron chi connectivity index (χ1n) is 9.20. The van der Waals surface area contributed by atoms with Crippen LogP contribution in [0.5, 0.6) is 11.5 Å². The molecule has 152 valence electrons. The van der Waals surface area contributed by atoms with Crippen LogP contribution < -0.4 is 14.8 Å². The summed E-state index contributed by atoms with van der Waals surface area (Å²) >= 11 is 0. The van der Waals surface area contributed by atoms with Crippen LogP contribution >= 0.6 is 0 Å². The van der Waals surface area contributed by atoms with Crippen LogP contribution in [0.1, 0.15) is 31.1 Å². The molecule has 2 aromatic heterocycles. The van der Waals surface area contributed by atoms with Crippen molar-refractivity contribution in [1.29, 1.82) is 0 Å². The second-order valence-corrected chi connectivity index (χ2v) is 7.51. The highest BCUT2D eigenvalue weighted by Crippen LogP contribution is 2.28. The predicted octanol–water partition coefficient (Wildman–Crippen LogP) is 3.66. The quantitative estimate of drug-likeness (QED) is 0.681. The van der Waals surface area contributed by atoms with Gasteiger partial charge in [0.15, 0.2) is 17.3 Å². The van der Waals surface area contributed by atoms with Crippen LogP contribution in [-0.4, -0.2) is 39.9 Å². The van der Waals surface area contributed by atoms with E-state index < -0.39 is 5.41 Å². The third-order valence-electron chi connectivity index (χ3n) is 4.26. The third kappa shape index (κ3) is 4.53. The molecular formula is C21H25N5O3. The van der Waals surface area contributed by atoms with E-state index in [1.807, 2.05) is 45.0 Å². The second-order valence-electron chi connectivity index (χ2n) is 7.51. The fourth-order valence-electron chi connectivity index (χ4n) is 2.67. The molecule has 0 aliphatic heterocycles. The summed E-state index contributed by atoms with van der Waals surface area (Å²) in [5, 5.41) is 7.64. The zero-order valence-corrected chi connectivity index (χ0v) is 17.3. The van der Waals surface area contributed by atoms with E-state index in [1.165, 1.54) is 4.68 Å². The minimum atomic E-state index is -0.611. The summed E-state index contributed by atoms with van der Waals surface area (Å²) in [5.74, 6) is 1.94. The van der Waals surface area contributed by atoms with Crippen LogP contribution in [0, 0.1) is 5.41 Å². The molecule has 0 aliphatic rings. The summed E-state index contributed by atoms with van der Waals surface area (Å²) in [6.07, 6.45) is 3.34. The summed E-state index contributed by atoms with van der Waals surface area (Å²) in [5.41, 5.74) is 1.07. The van der Waals surface area contributed by atoms with Crippen molar-refractivity contribution in [3.05, 3.63) is 48.3 Å². The number of pyridine rings is 1. The van der Waals surface area contributed by atoms with Gasteiger partial charge in [-0.1, -0.05) is 26.8 Å². The smallest absolute Gasteiger partial charge is 0.255 e. The fourth-order valence-corrected chi connectivity index (χ4v) is 2.67. The van der Waals surface area contributed by atoms with Crippen molar-refractivity contribution in [3.8, 4) is 22.9 Å². The summed E-state index contributed by atoms with van der Waals surface area (Å²) in [7, 11) is 3.18. The molecule has 2 heterocycles. The SMILES string of the molecule is COc1ccc(CNc2nc(-c3cccnc3)nn2C(=O)C(C)(C)C)cc1OC. The number of hydrogen-bond acceptors (Lipinski definition) is 7. The average molecular weight is 395 g/mol. The van der Waals surface area contributed by atoms with Crippen LogP contribution in [0.4, 0.5) is 5.95 Å². The molecular weight excluding hydrogens is 370 g/mol. The van der Waals surface area contributed by atoms with E-state index in [0.717, 1.165) is 11.1 Å². The number of nitrogens with one attached hydrogen (secondary N) is 1. The molecule has 1 N–H and O–H groups in total. The van der Waals surface area contributed by atoms with Crippen molar-refractivity contribution in [1.82, 2.24) is 19.7 Å². The maximum Gasteiger partial charge on any atom is 0.255 e. The van der Waals surface area contributed by atoms with E-state index in [0.29, 0.717) is 29.8 Å². The zero-order chi connectivity index (χ0) is 21.0. The van der Waals surface area contributed by atoms with Crippen LogP contribution in [-0.2, 0) is 6.54 Å². The monoisotopic (exact) mass is 395 g/mol. The number of benzene rings is 1. The number of rotatable bonds is 6. The van der Waals surface area contributed by atoms with Crippen molar-refractivity contribution in [2.75, 3.05) is 19.5 Å². The van der Waals surface area contributed by atoms with E-state index in [4.69, 9.17) is 9.47 Å². The summed E-state index contributed by atoms with van der Waals surface area (Å²) < 4.78 is 11.9. The van der Waals surface area contributed by atoms with Gasteiger partial charge < -0.3 is 14.8 Å². The Kier molecular flexibility index (Phi) is 5.81. The molecule has 8 heteroatoms. The van der Waals surface area contributed by atoms with Gasteiger partial charge in [-0.2, -0.15) is 9.67 Å². The van der Waals surface area contributed by atoms with Gasteiger partial charge in [-0.15, -0.1) is 5.10 Å². The standard InChI is InChI=1S/C21H25N5O3/c1-21(2,3)19(27)26-20(24-18(25-26)15-7-6-10-22-13-15)23-12-14-8-9-16(28-4)17(11-14)29-5/h6-11,13H,12H2,1-5H3,(H,23,24,25). The summed E-state index contributed by atoms with van der Waals surface area (Å²) in [4.78, 5) is 21.5. The number of anilines is 1. The number of aromatic nitrogens is 4. The molecule has 0 bridgehead atoms. The van der Waals surface area contributed by atoms with Gasteiger partial charge in [0.05, 0.1) is 14.2 Å². The Balaban J connectivity index is 1.91. The zero-order valence-electron chi connectivity index (χ0n) is 17.3. The first-order valence-corrected chi connectivity index (χ1v) is 9.20. The first-order chi connectivity index (χ1) is 13.8. The van der Waals surface area contributed by atoms with Gasteiger partial charge >= 0.3 is 0 Å². The van der Waals surface area contributed by atoms with Crippen molar-refractivity contribution in [3.63, 3.8) is 0 Å². The topological polar surface area (TPSA) is 91.2 Å². The molecule has 0 amide bonds. The molecule has 0 unspecified atom stereocenters. The lowest BCUT2D eigenvalue weighted by Crippen LogP contribution is -2.29. The Morgan fingerprint density at radius 3 is 2.52 bits per heavy atom. The molecule has 0 saturated heterocycles. The van der Waals surface area contributed by atoms with Crippen molar-refractivity contribution < 1.29 is 14.3 Å². The molecule has 3 aromatic rings. The van der Waals surface area contributed by atoms with Crippen molar-refractivity contribution >= 4 is 11.9 Å². The molecule has 0 aliphatic carbocycles. The molecule has 29 heavy (non-hydrogen) atoms. The van der Waals surface area contributed by atoms with Gasteiger partial charge in [0.25, 0.3) is 5.91 Å². The van der Waals surface area contributed by atoms with E-state index in [-0.39, 0.29) is 5.91 Å². The summed E-state index contributed by atoms with van der Waals surface area (Å²) in [6.45, 7) is 5.97. The van der Waals surface area contributed by atoms with E-state index in [2.05, 4.69) is 20.4 Å². The minimum Gasteiger partial charge on any atom is -0.493 e. The molecule has 0 spiro atoms. The number of nitrogens with zero attached hydrogens (tertiary/aromatic N) is 4. The van der Waals surface area contributed by atoms with Crippen LogP contribution in [0.15, 0.2) is 42.7 Å². The van der Waals surface area contributed by atoms with Gasteiger partial charge in [0, 0.05) is 29.9 Å². The molecule has 8 nitrogen and oxygen atoms in total. The molecule has 0 radical (unpaired) electrons. The van der Waals surface area contributed by atoms with E-state index in [1.54, 1.807) is 32.7 Å². The second kappa shape index (κ2) is 8.30. The molecule has 0 atom stereocenters. The summed E-state index contributed by atoms with van der Waals surface area (Å²) in [6, 6.07) is 9.29. The Morgan fingerprint density at radius 1 is 1.14 bits per heavy atom. The van der Waals surface area contributed by atoms with Crippen LogP contribution in [0.25, 0.3) is 11.4 Å². The average Bonchev–Trinajstić information content (AvgIpc) is 3.15.